The van der Waals surface area contributed by atoms with E-state index in [0.717, 1.165) is 18.5 Å². The van der Waals surface area contributed by atoms with E-state index in [4.69, 9.17) is 5.84 Å². The lowest BCUT2D eigenvalue weighted by Crippen LogP contribution is -2.29. The second-order valence-corrected chi connectivity index (χ2v) is 5.26. The van der Waals surface area contributed by atoms with Crippen LogP contribution in [-0.4, -0.2) is 9.78 Å². The molecule has 4 nitrogen and oxygen atoms in total. The van der Waals surface area contributed by atoms with Gasteiger partial charge in [0.2, 0.25) is 0 Å². The molecule has 92 valence electrons. The SMILES string of the molecule is CCc1ccc(C(Cc2ccn(C)n2)NN)s1. The van der Waals surface area contributed by atoms with Crippen LogP contribution in [0.4, 0.5) is 0 Å². The van der Waals surface area contributed by atoms with Crippen LogP contribution in [0.15, 0.2) is 24.4 Å². The van der Waals surface area contributed by atoms with Crippen molar-refractivity contribution in [2.45, 2.75) is 25.8 Å². The Morgan fingerprint density at radius 1 is 1.47 bits per heavy atom. The Balaban J connectivity index is 2.10. The fourth-order valence-corrected chi connectivity index (χ4v) is 2.81. The molecule has 2 rings (SSSR count). The highest BCUT2D eigenvalue weighted by molar-refractivity contribution is 7.12. The van der Waals surface area contributed by atoms with Crippen molar-refractivity contribution in [1.82, 2.24) is 15.2 Å². The lowest BCUT2D eigenvalue weighted by molar-refractivity contribution is 0.549. The summed E-state index contributed by atoms with van der Waals surface area (Å²) in [5.41, 5.74) is 3.93. The summed E-state index contributed by atoms with van der Waals surface area (Å²) in [6.45, 7) is 2.17. The molecule has 3 N–H and O–H groups in total. The minimum Gasteiger partial charge on any atom is -0.276 e. The summed E-state index contributed by atoms with van der Waals surface area (Å²) in [5, 5.41) is 4.38. The largest absolute Gasteiger partial charge is 0.276 e. The Bertz CT molecular complexity index is 474. The fraction of sp³-hybridized carbons (Fsp3) is 0.417. The second-order valence-electron chi connectivity index (χ2n) is 4.06. The first kappa shape index (κ1) is 12.3. The van der Waals surface area contributed by atoms with Crippen LogP contribution in [0.1, 0.15) is 28.4 Å². The first-order valence-electron chi connectivity index (χ1n) is 5.76. The predicted molar refractivity (Wildman–Crippen MR) is 70.7 cm³/mol. The number of hydrogen-bond acceptors (Lipinski definition) is 4. The van der Waals surface area contributed by atoms with Gasteiger partial charge in [-0.05, 0) is 24.6 Å². The van der Waals surface area contributed by atoms with E-state index in [1.165, 1.54) is 9.75 Å². The summed E-state index contributed by atoms with van der Waals surface area (Å²) in [7, 11) is 1.93. The van der Waals surface area contributed by atoms with Gasteiger partial charge in [-0.15, -0.1) is 11.3 Å². The van der Waals surface area contributed by atoms with Gasteiger partial charge in [0, 0.05) is 29.4 Å². The van der Waals surface area contributed by atoms with Gasteiger partial charge in [0.15, 0.2) is 0 Å². The third-order valence-electron chi connectivity index (χ3n) is 2.76. The Labute approximate surface area is 105 Å². The molecule has 0 aromatic carbocycles. The van der Waals surface area contributed by atoms with E-state index in [-0.39, 0.29) is 6.04 Å². The summed E-state index contributed by atoms with van der Waals surface area (Å²) in [6, 6.07) is 6.49. The third kappa shape index (κ3) is 2.94. The van der Waals surface area contributed by atoms with Crippen molar-refractivity contribution in [2.75, 3.05) is 0 Å². The number of nitrogens with one attached hydrogen (secondary N) is 1. The third-order valence-corrected chi connectivity index (χ3v) is 4.10. The van der Waals surface area contributed by atoms with E-state index >= 15 is 0 Å². The average Bonchev–Trinajstić information content (AvgIpc) is 2.94. The van der Waals surface area contributed by atoms with Crippen molar-refractivity contribution >= 4 is 11.3 Å². The van der Waals surface area contributed by atoms with Gasteiger partial charge < -0.3 is 0 Å². The molecule has 17 heavy (non-hydrogen) atoms. The molecule has 0 bridgehead atoms. The maximum absolute atomic E-state index is 5.63. The molecular weight excluding hydrogens is 232 g/mol. The molecule has 1 atom stereocenters. The summed E-state index contributed by atoms with van der Waals surface area (Å²) < 4.78 is 1.81. The number of rotatable bonds is 5. The van der Waals surface area contributed by atoms with Crippen LogP contribution in [0.25, 0.3) is 0 Å². The predicted octanol–water partition coefficient (Wildman–Crippen LogP) is 1.79. The van der Waals surface area contributed by atoms with Crippen LogP contribution in [0, 0.1) is 0 Å². The van der Waals surface area contributed by atoms with Crippen molar-refractivity contribution in [3.8, 4) is 0 Å². The number of nitrogens with two attached hydrogens (primary N) is 1. The molecule has 0 fully saturated rings. The molecule has 2 aromatic rings. The highest BCUT2D eigenvalue weighted by Crippen LogP contribution is 2.25. The summed E-state index contributed by atoms with van der Waals surface area (Å²) in [5.74, 6) is 5.63. The zero-order chi connectivity index (χ0) is 12.3. The zero-order valence-electron chi connectivity index (χ0n) is 10.2. The molecule has 0 amide bonds. The molecular formula is C12H18N4S. The lowest BCUT2D eigenvalue weighted by atomic mass is 10.1. The molecule has 0 aliphatic rings. The molecule has 0 saturated carbocycles. The number of thiophene rings is 1. The van der Waals surface area contributed by atoms with Crippen LogP contribution in [0.5, 0.6) is 0 Å². The van der Waals surface area contributed by atoms with E-state index < -0.39 is 0 Å². The van der Waals surface area contributed by atoms with Gasteiger partial charge in [-0.2, -0.15) is 5.10 Å². The van der Waals surface area contributed by atoms with Crippen molar-refractivity contribution < 1.29 is 0 Å². The maximum Gasteiger partial charge on any atom is 0.0644 e. The summed E-state index contributed by atoms with van der Waals surface area (Å²) >= 11 is 1.81. The highest BCUT2D eigenvalue weighted by atomic mass is 32.1. The molecule has 0 radical (unpaired) electrons. The van der Waals surface area contributed by atoms with Gasteiger partial charge in [-0.3, -0.25) is 16.0 Å². The monoisotopic (exact) mass is 250 g/mol. The number of hydrogen-bond donors (Lipinski definition) is 2. The van der Waals surface area contributed by atoms with Crippen molar-refractivity contribution in [3.05, 3.63) is 39.8 Å². The van der Waals surface area contributed by atoms with Crippen molar-refractivity contribution in [1.29, 1.82) is 0 Å². The summed E-state index contributed by atoms with van der Waals surface area (Å²) in [6.07, 6.45) is 3.85. The number of nitrogens with zero attached hydrogens (tertiary/aromatic N) is 2. The zero-order valence-corrected chi connectivity index (χ0v) is 11.0. The second kappa shape index (κ2) is 5.44. The van der Waals surface area contributed by atoms with E-state index in [9.17, 15) is 0 Å². The minimum atomic E-state index is 0.148. The first-order chi connectivity index (χ1) is 8.22. The first-order valence-corrected chi connectivity index (χ1v) is 6.57. The van der Waals surface area contributed by atoms with E-state index in [2.05, 4.69) is 29.6 Å². The maximum atomic E-state index is 5.63. The van der Waals surface area contributed by atoms with Gasteiger partial charge in [0.1, 0.15) is 0 Å². The molecule has 2 aromatic heterocycles. The van der Waals surface area contributed by atoms with E-state index in [0.29, 0.717) is 0 Å². The Kier molecular flexibility index (Phi) is 3.93. The van der Waals surface area contributed by atoms with Gasteiger partial charge in [-0.1, -0.05) is 6.92 Å². The molecule has 5 heteroatoms. The number of hydrazine groups is 1. The molecule has 0 spiro atoms. The van der Waals surface area contributed by atoms with Crippen LogP contribution < -0.4 is 11.3 Å². The Morgan fingerprint density at radius 2 is 2.29 bits per heavy atom. The van der Waals surface area contributed by atoms with Crippen LogP contribution in [0.2, 0.25) is 0 Å². The molecule has 1 unspecified atom stereocenters. The van der Waals surface area contributed by atoms with Crippen molar-refractivity contribution in [3.63, 3.8) is 0 Å². The van der Waals surface area contributed by atoms with Crippen LogP contribution in [-0.2, 0) is 19.9 Å². The normalized spacial score (nSPS) is 12.9. The summed E-state index contributed by atoms with van der Waals surface area (Å²) in [4.78, 5) is 2.66. The van der Waals surface area contributed by atoms with Crippen LogP contribution >= 0.6 is 11.3 Å². The fourth-order valence-electron chi connectivity index (χ4n) is 1.79. The quantitative estimate of drug-likeness (QED) is 0.628. The van der Waals surface area contributed by atoms with Gasteiger partial charge in [0.05, 0.1) is 11.7 Å². The van der Waals surface area contributed by atoms with E-state index in [1.54, 1.807) is 0 Å². The van der Waals surface area contributed by atoms with Crippen LogP contribution in [0.3, 0.4) is 0 Å². The van der Waals surface area contributed by atoms with Crippen molar-refractivity contribution in [2.24, 2.45) is 12.9 Å². The number of aromatic nitrogens is 2. The smallest absolute Gasteiger partial charge is 0.0644 e. The van der Waals surface area contributed by atoms with Gasteiger partial charge >= 0.3 is 0 Å². The molecule has 2 heterocycles. The minimum absolute atomic E-state index is 0.148. The Hall–Kier alpha value is -1.17. The topological polar surface area (TPSA) is 55.9 Å². The number of aryl methyl sites for hydroxylation is 2. The highest BCUT2D eigenvalue weighted by Gasteiger charge is 2.14. The molecule has 0 aliphatic carbocycles. The molecule has 0 aliphatic heterocycles. The van der Waals surface area contributed by atoms with E-state index in [1.807, 2.05) is 35.3 Å². The Morgan fingerprint density at radius 3 is 2.82 bits per heavy atom. The van der Waals surface area contributed by atoms with Gasteiger partial charge in [0.25, 0.3) is 0 Å². The average molecular weight is 250 g/mol. The standard InChI is InChI=1S/C12H18N4S/c1-3-10-4-5-12(17-10)11(14-13)8-9-6-7-16(2)15-9/h4-7,11,14H,3,8,13H2,1-2H3. The molecule has 0 saturated heterocycles. The van der Waals surface area contributed by atoms with Gasteiger partial charge in [-0.25, -0.2) is 0 Å². The lowest BCUT2D eigenvalue weighted by Gasteiger charge is -2.12.